The van der Waals surface area contributed by atoms with Gasteiger partial charge in [-0.1, -0.05) is 6.07 Å². The second kappa shape index (κ2) is 5.22. The van der Waals surface area contributed by atoms with Crippen molar-refractivity contribution in [2.24, 2.45) is 0 Å². The summed E-state index contributed by atoms with van der Waals surface area (Å²) in [7, 11) is 0. The molecule has 0 bridgehead atoms. The summed E-state index contributed by atoms with van der Waals surface area (Å²) < 4.78 is 25.7. The van der Waals surface area contributed by atoms with Crippen molar-refractivity contribution in [3.63, 3.8) is 0 Å². The summed E-state index contributed by atoms with van der Waals surface area (Å²) in [4.78, 5) is 11.8. The van der Waals surface area contributed by atoms with Gasteiger partial charge >= 0.3 is 0 Å². The van der Waals surface area contributed by atoms with E-state index in [-0.39, 0.29) is 17.9 Å². The van der Waals surface area contributed by atoms with Crippen molar-refractivity contribution in [2.45, 2.75) is 31.2 Å². The van der Waals surface area contributed by atoms with Crippen molar-refractivity contribution < 1.29 is 13.6 Å². The average Bonchev–Trinajstić information content (AvgIpc) is 2.29. The number of hydrogen-bond donors (Lipinski definition) is 1. The summed E-state index contributed by atoms with van der Waals surface area (Å²) in [6, 6.07) is 3.48. The van der Waals surface area contributed by atoms with E-state index in [1.54, 1.807) is 0 Å². The molecule has 0 atom stereocenters. The van der Waals surface area contributed by atoms with Crippen LogP contribution in [-0.4, -0.2) is 17.3 Å². The van der Waals surface area contributed by atoms with E-state index in [4.69, 9.17) is 11.6 Å². The zero-order valence-electron chi connectivity index (χ0n) is 9.81. The van der Waals surface area contributed by atoms with E-state index in [9.17, 15) is 13.6 Å². The van der Waals surface area contributed by atoms with Crippen LogP contribution in [0.2, 0.25) is 0 Å². The summed E-state index contributed by atoms with van der Waals surface area (Å²) in [5.41, 5.74) is 0.160. The van der Waals surface area contributed by atoms with Crippen LogP contribution in [0.4, 0.5) is 8.78 Å². The summed E-state index contributed by atoms with van der Waals surface area (Å²) in [5.74, 6) is -1.66. The van der Waals surface area contributed by atoms with Crippen LogP contribution in [0, 0.1) is 11.6 Å². The smallest absolute Gasteiger partial charge is 0.224 e. The number of amides is 1. The molecule has 1 amide bonds. The molecule has 0 radical (unpaired) electrons. The van der Waals surface area contributed by atoms with E-state index < -0.39 is 11.6 Å². The van der Waals surface area contributed by atoms with Crippen LogP contribution in [-0.2, 0) is 11.2 Å². The van der Waals surface area contributed by atoms with Crippen LogP contribution in [0.3, 0.4) is 0 Å². The summed E-state index contributed by atoms with van der Waals surface area (Å²) >= 11 is 5.83. The fraction of sp³-hybridized carbons (Fsp3) is 0.462. The van der Waals surface area contributed by atoms with Gasteiger partial charge in [-0.2, -0.15) is 0 Å². The Hall–Kier alpha value is -1.16. The van der Waals surface area contributed by atoms with Gasteiger partial charge in [-0.15, -0.1) is 11.6 Å². The van der Waals surface area contributed by atoms with Gasteiger partial charge in [0.25, 0.3) is 0 Å². The monoisotopic (exact) mass is 273 g/mol. The zero-order valence-corrected chi connectivity index (χ0v) is 10.6. The molecule has 0 saturated heterocycles. The number of halogens is 3. The first-order chi connectivity index (χ1) is 8.54. The van der Waals surface area contributed by atoms with Crippen LogP contribution in [0.25, 0.3) is 0 Å². The van der Waals surface area contributed by atoms with Gasteiger partial charge in [0.15, 0.2) is 11.6 Å². The number of rotatable bonds is 4. The summed E-state index contributed by atoms with van der Waals surface area (Å²) in [6.45, 7) is 0. The molecule has 0 spiro atoms. The van der Waals surface area contributed by atoms with Gasteiger partial charge in [0, 0.05) is 5.88 Å². The number of hydrogen-bond acceptors (Lipinski definition) is 1. The molecule has 2 rings (SSSR count). The lowest BCUT2D eigenvalue weighted by Gasteiger charge is -2.41. The highest BCUT2D eigenvalue weighted by Crippen LogP contribution is 2.32. The van der Waals surface area contributed by atoms with Gasteiger partial charge in [0.05, 0.1) is 12.0 Å². The Kier molecular flexibility index (Phi) is 3.85. The number of benzene rings is 1. The maximum absolute atomic E-state index is 13.0. The fourth-order valence-electron chi connectivity index (χ4n) is 2.07. The highest BCUT2D eigenvalue weighted by Gasteiger charge is 2.37. The van der Waals surface area contributed by atoms with Crippen LogP contribution in [0.5, 0.6) is 0 Å². The normalized spacial score (nSPS) is 17.1. The molecule has 2 nitrogen and oxygen atoms in total. The first-order valence-corrected chi connectivity index (χ1v) is 6.39. The van der Waals surface area contributed by atoms with Gasteiger partial charge < -0.3 is 5.32 Å². The minimum atomic E-state index is -0.934. The van der Waals surface area contributed by atoms with Crippen LogP contribution >= 0.6 is 11.6 Å². The van der Waals surface area contributed by atoms with Crippen molar-refractivity contribution in [3.8, 4) is 0 Å². The number of alkyl halides is 1. The van der Waals surface area contributed by atoms with Gasteiger partial charge in [0.2, 0.25) is 5.91 Å². The van der Waals surface area contributed by atoms with Gasteiger partial charge in [-0.25, -0.2) is 8.78 Å². The van der Waals surface area contributed by atoms with Crippen molar-refractivity contribution in [1.29, 1.82) is 0 Å². The zero-order chi connectivity index (χ0) is 13.2. The van der Waals surface area contributed by atoms with E-state index >= 15 is 0 Å². The third kappa shape index (κ3) is 2.80. The Labute approximate surface area is 109 Å². The molecular weight excluding hydrogens is 260 g/mol. The second-order valence-electron chi connectivity index (χ2n) is 4.74. The molecule has 1 fully saturated rings. The lowest BCUT2D eigenvalue weighted by molar-refractivity contribution is -0.123. The molecule has 1 aromatic rings. The van der Waals surface area contributed by atoms with E-state index in [0.717, 1.165) is 31.4 Å². The predicted octanol–water partition coefficient (Wildman–Crippen LogP) is 2.79. The lowest BCUT2D eigenvalue weighted by Crippen LogP contribution is -2.55. The Bertz CT molecular complexity index is 455. The number of carbonyl (C=O) groups is 1. The molecular formula is C13H14ClF2NO. The maximum atomic E-state index is 13.0. The largest absolute Gasteiger partial charge is 0.349 e. The standard InChI is InChI=1S/C13H14ClF2NO/c14-8-13(4-1-5-13)17-12(18)7-9-2-3-10(15)11(16)6-9/h2-3,6H,1,4-5,7-8H2,(H,17,18). The number of carbonyl (C=O) groups excluding carboxylic acids is 1. The Morgan fingerprint density at radius 2 is 2.06 bits per heavy atom. The highest BCUT2D eigenvalue weighted by molar-refractivity contribution is 6.18. The van der Waals surface area contributed by atoms with Crippen molar-refractivity contribution in [2.75, 3.05) is 5.88 Å². The first kappa shape index (κ1) is 13.3. The molecule has 1 N–H and O–H groups in total. The van der Waals surface area contributed by atoms with Gasteiger partial charge in [0.1, 0.15) is 0 Å². The van der Waals surface area contributed by atoms with E-state index in [1.165, 1.54) is 6.07 Å². The minimum Gasteiger partial charge on any atom is -0.349 e. The van der Waals surface area contributed by atoms with E-state index in [1.807, 2.05) is 0 Å². The molecule has 0 unspecified atom stereocenters. The lowest BCUT2D eigenvalue weighted by atomic mass is 9.78. The van der Waals surface area contributed by atoms with Gasteiger partial charge in [-0.3, -0.25) is 4.79 Å². The third-order valence-corrected chi connectivity index (χ3v) is 3.83. The molecule has 0 heterocycles. The third-order valence-electron chi connectivity index (χ3n) is 3.32. The summed E-state index contributed by atoms with van der Waals surface area (Å²) in [6.07, 6.45) is 2.84. The SMILES string of the molecule is O=C(Cc1ccc(F)c(F)c1)NC1(CCl)CCC1. The molecule has 5 heteroatoms. The molecule has 0 aliphatic heterocycles. The minimum absolute atomic E-state index is 0.0375. The topological polar surface area (TPSA) is 29.1 Å². The molecule has 18 heavy (non-hydrogen) atoms. The first-order valence-electron chi connectivity index (χ1n) is 5.86. The van der Waals surface area contributed by atoms with Crippen LogP contribution in [0.15, 0.2) is 18.2 Å². The van der Waals surface area contributed by atoms with E-state index in [0.29, 0.717) is 11.4 Å². The average molecular weight is 274 g/mol. The highest BCUT2D eigenvalue weighted by atomic mass is 35.5. The second-order valence-corrected chi connectivity index (χ2v) is 5.01. The fourth-order valence-corrected chi connectivity index (χ4v) is 2.40. The Morgan fingerprint density at radius 3 is 2.56 bits per heavy atom. The van der Waals surface area contributed by atoms with Gasteiger partial charge in [-0.05, 0) is 37.0 Å². The quantitative estimate of drug-likeness (QED) is 0.840. The van der Waals surface area contributed by atoms with E-state index in [2.05, 4.69) is 5.32 Å². The van der Waals surface area contributed by atoms with Crippen LogP contribution in [0.1, 0.15) is 24.8 Å². The molecule has 1 saturated carbocycles. The predicted molar refractivity (Wildman–Crippen MR) is 65.5 cm³/mol. The molecule has 0 aromatic heterocycles. The molecule has 1 aromatic carbocycles. The maximum Gasteiger partial charge on any atom is 0.224 e. The van der Waals surface area contributed by atoms with Crippen molar-refractivity contribution >= 4 is 17.5 Å². The Balaban J connectivity index is 1.96. The van der Waals surface area contributed by atoms with Crippen LogP contribution < -0.4 is 5.32 Å². The molecule has 98 valence electrons. The number of nitrogens with one attached hydrogen (secondary N) is 1. The Morgan fingerprint density at radius 1 is 1.33 bits per heavy atom. The molecule has 1 aliphatic carbocycles. The molecule has 1 aliphatic rings. The van der Waals surface area contributed by atoms with Crippen molar-refractivity contribution in [1.82, 2.24) is 5.32 Å². The van der Waals surface area contributed by atoms with Crippen molar-refractivity contribution in [3.05, 3.63) is 35.4 Å². The summed E-state index contributed by atoms with van der Waals surface area (Å²) in [5, 5.41) is 2.88.